The van der Waals surface area contributed by atoms with Crippen LogP contribution < -0.4 is 5.73 Å². The number of rotatable bonds is 7. The zero-order chi connectivity index (χ0) is 14.3. The van der Waals surface area contributed by atoms with Gasteiger partial charge in [0, 0.05) is 18.6 Å². The molecule has 0 aliphatic heterocycles. The maximum atomic E-state index is 6.14. The first-order valence-corrected chi connectivity index (χ1v) is 8.07. The molecule has 1 fully saturated rings. The Morgan fingerprint density at radius 1 is 1.32 bits per heavy atom. The fraction of sp³-hybridized carbons (Fsp3) is 1.00. The highest BCUT2D eigenvalue weighted by molar-refractivity contribution is 4.93. The second-order valence-corrected chi connectivity index (χ2v) is 6.47. The Labute approximate surface area is 119 Å². The van der Waals surface area contributed by atoms with Crippen molar-refractivity contribution in [2.24, 2.45) is 11.7 Å². The minimum atomic E-state index is 0.213. The average molecular weight is 270 g/mol. The largest absolute Gasteiger partial charge is 0.377 e. The zero-order valence-electron chi connectivity index (χ0n) is 13.5. The molecular weight excluding hydrogens is 236 g/mol. The van der Waals surface area contributed by atoms with Gasteiger partial charge in [0.15, 0.2) is 0 Å². The molecule has 19 heavy (non-hydrogen) atoms. The van der Waals surface area contributed by atoms with Gasteiger partial charge in [-0.05, 0) is 46.1 Å². The number of hydrogen-bond donors (Lipinski definition) is 1. The first-order chi connectivity index (χ1) is 9.04. The molecule has 1 aliphatic carbocycles. The predicted octanol–water partition coefficient (Wildman–Crippen LogP) is 3.03. The van der Waals surface area contributed by atoms with E-state index in [0.29, 0.717) is 6.10 Å². The molecule has 3 heteroatoms. The van der Waals surface area contributed by atoms with Gasteiger partial charge in [0.1, 0.15) is 0 Å². The molecule has 2 atom stereocenters. The van der Waals surface area contributed by atoms with E-state index in [1.807, 2.05) is 0 Å². The van der Waals surface area contributed by atoms with Gasteiger partial charge in [-0.15, -0.1) is 0 Å². The predicted molar refractivity (Wildman–Crippen MR) is 82.4 cm³/mol. The van der Waals surface area contributed by atoms with Gasteiger partial charge in [-0.2, -0.15) is 0 Å². The van der Waals surface area contributed by atoms with Gasteiger partial charge in [0.25, 0.3) is 0 Å². The van der Waals surface area contributed by atoms with Crippen molar-refractivity contribution in [3.8, 4) is 0 Å². The third kappa shape index (κ3) is 5.05. The fourth-order valence-corrected chi connectivity index (χ4v) is 3.27. The first-order valence-electron chi connectivity index (χ1n) is 8.07. The summed E-state index contributed by atoms with van der Waals surface area (Å²) in [5, 5.41) is 0. The molecule has 3 nitrogen and oxygen atoms in total. The van der Waals surface area contributed by atoms with E-state index in [4.69, 9.17) is 10.5 Å². The molecule has 0 amide bonds. The standard InChI is InChI=1S/C16H34N2O/c1-5-15-7-6-9-16(13-17,10-8-15)18(4)11-12-19-14(2)3/h14-15H,5-13,17H2,1-4H3. The molecule has 0 heterocycles. The topological polar surface area (TPSA) is 38.5 Å². The van der Waals surface area contributed by atoms with Crippen molar-refractivity contribution in [3.05, 3.63) is 0 Å². The second kappa shape index (κ2) is 8.23. The van der Waals surface area contributed by atoms with Crippen LogP contribution in [-0.4, -0.2) is 43.3 Å². The van der Waals surface area contributed by atoms with Crippen LogP contribution in [0.4, 0.5) is 0 Å². The van der Waals surface area contributed by atoms with Crippen molar-refractivity contribution in [1.29, 1.82) is 0 Å². The molecule has 2 N–H and O–H groups in total. The van der Waals surface area contributed by atoms with Crippen LogP contribution >= 0.6 is 0 Å². The Bertz CT molecular complexity index is 245. The smallest absolute Gasteiger partial charge is 0.0597 e. The lowest BCUT2D eigenvalue weighted by Gasteiger charge is -2.41. The van der Waals surface area contributed by atoms with Crippen molar-refractivity contribution >= 4 is 0 Å². The second-order valence-electron chi connectivity index (χ2n) is 6.47. The van der Waals surface area contributed by atoms with E-state index in [1.54, 1.807) is 0 Å². The molecule has 1 saturated carbocycles. The Balaban J connectivity index is 2.53. The SMILES string of the molecule is CCC1CCCC(CN)(N(C)CCOC(C)C)CC1. The van der Waals surface area contributed by atoms with Crippen LogP contribution in [0.15, 0.2) is 0 Å². The average Bonchev–Trinajstić information content (AvgIpc) is 2.61. The molecule has 114 valence electrons. The van der Waals surface area contributed by atoms with Crippen LogP contribution in [-0.2, 0) is 4.74 Å². The number of hydrogen-bond acceptors (Lipinski definition) is 3. The number of nitrogens with two attached hydrogens (primary N) is 1. The molecule has 0 radical (unpaired) electrons. The van der Waals surface area contributed by atoms with Gasteiger partial charge in [0.2, 0.25) is 0 Å². The third-order valence-corrected chi connectivity index (χ3v) is 4.92. The van der Waals surface area contributed by atoms with Gasteiger partial charge in [-0.1, -0.05) is 26.2 Å². The molecule has 0 aromatic rings. The van der Waals surface area contributed by atoms with Crippen molar-refractivity contribution in [2.75, 3.05) is 26.7 Å². The van der Waals surface area contributed by atoms with Crippen LogP contribution in [0.5, 0.6) is 0 Å². The molecule has 0 bridgehead atoms. The van der Waals surface area contributed by atoms with Gasteiger partial charge in [-0.25, -0.2) is 0 Å². The van der Waals surface area contributed by atoms with Crippen molar-refractivity contribution in [2.45, 2.75) is 70.9 Å². The summed E-state index contributed by atoms with van der Waals surface area (Å²) in [6, 6.07) is 0. The maximum absolute atomic E-state index is 6.14. The Morgan fingerprint density at radius 3 is 2.63 bits per heavy atom. The van der Waals surface area contributed by atoms with E-state index in [-0.39, 0.29) is 5.54 Å². The summed E-state index contributed by atoms with van der Waals surface area (Å²) in [6.07, 6.45) is 8.18. The van der Waals surface area contributed by atoms with Crippen LogP contribution in [0, 0.1) is 5.92 Å². The van der Waals surface area contributed by atoms with Crippen LogP contribution in [0.3, 0.4) is 0 Å². The van der Waals surface area contributed by atoms with Gasteiger partial charge in [0.05, 0.1) is 12.7 Å². The minimum Gasteiger partial charge on any atom is -0.377 e. The van der Waals surface area contributed by atoms with E-state index in [0.717, 1.165) is 25.6 Å². The highest BCUT2D eigenvalue weighted by Crippen LogP contribution is 2.34. The molecular formula is C16H34N2O. The van der Waals surface area contributed by atoms with E-state index < -0.39 is 0 Å². The Morgan fingerprint density at radius 2 is 2.05 bits per heavy atom. The summed E-state index contributed by atoms with van der Waals surface area (Å²) in [4.78, 5) is 2.47. The summed E-state index contributed by atoms with van der Waals surface area (Å²) < 4.78 is 5.68. The van der Waals surface area contributed by atoms with E-state index in [2.05, 4.69) is 32.7 Å². The van der Waals surface area contributed by atoms with Crippen LogP contribution in [0.2, 0.25) is 0 Å². The first kappa shape index (κ1) is 16.9. The van der Waals surface area contributed by atoms with Crippen molar-refractivity contribution in [1.82, 2.24) is 4.90 Å². The molecule has 0 saturated heterocycles. The minimum absolute atomic E-state index is 0.213. The number of likely N-dealkylation sites (N-methyl/N-ethyl adjacent to an activating group) is 1. The molecule has 1 aliphatic rings. The van der Waals surface area contributed by atoms with E-state index in [1.165, 1.54) is 38.5 Å². The van der Waals surface area contributed by atoms with Gasteiger partial charge < -0.3 is 10.5 Å². The summed E-state index contributed by atoms with van der Waals surface area (Å²) in [5.41, 5.74) is 6.36. The number of ether oxygens (including phenoxy) is 1. The van der Waals surface area contributed by atoms with E-state index in [9.17, 15) is 0 Å². The monoisotopic (exact) mass is 270 g/mol. The van der Waals surface area contributed by atoms with Crippen LogP contribution in [0.25, 0.3) is 0 Å². The highest BCUT2D eigenvalue weighted by atomic mass is 16.5. The summed E-state index contributed by atoms with van der Waals surface area (Å²) in [6.45, 7) is 9.09. The normalized spacial score (nSPS) is 28.9. The maximum Gasteiger partial charge on any atom is 0.0597 e. The zero-order valence-corrected chi connectivity index (χ0v) is 13.5. The Hall–Kier alpha value is -0.120. The summed E-state index contributed by atoms with van der Waals surface area (Å²) in [7, 11) is 2.23. The molecule has 0 spiro atoms. The van der Waals surface area contributed by atoms with Gasteiger partial charge >= 0.3 is 0 Å². The number of nitrogens with zero attached hydrogens (tertiary/aromatic N) is 1. The van der Waals surface area contributed by atoms with Crippen LogP contribution in [0.1, 0.15) is 59.3 Å². The van der Waals surface area contributed by atoms with Gasteiger partial charge in [-0.3, -0.25) is 4.90 Å². The van der Waals surface area contributed by atoms with Crippen molar-refractivity contribution in [3.63, 3.8) is 0 Å². The van der Waals surface area contributed by atoms with Crippen molar-refractivity contribution < 1.29 is 4.74 Å². The third-order valence-electron chi connectivity index (χ3n) is 4.92. The summed E-state index contributed by atoms with van der Waals surface area (Å²) >= 11 is 0. The Kier molecular flexibility index (Phi) is 7.33. The fourth-order valence-electron chi connectivity index (χ4n) is 3.27. The highest BCUT2D eigenvalue weighted by Gasteiger charge is 2.35. The van der Waals surface area contributed by atoms with E-state index >= 15 is 0 Å². The lowest BCUT2D eigenvalue weighted by molar-refractivity contribution is 0.0293. The quantitative estimate of drug-likeness (QED) is 0.723. The molecule has 0 aromatic carbocycles. The lowest BCUT2D eigenvalue weighted by Crippen LogP contribution is -2.52. The molecule has 1 rings (SSSR count). The lowest BCUT2D eigenvalue weighted by atomic mass is 9.87. The summed E-state index contributed by atoms with van der Waals surface area (Å²) in [5.74, 6) is 0.911. The molecule has 2 unspecified atom stereocenters. The molecule has 0 aromatic heterocycles.